The first kappa shape index (κ1) is 21.4. The number of aromatic nitrogens is 2. The Bertz CT molecular complexity index is 883. The van der Waals surface area contributed by atoms with Crippen LogP contribution in [0, 0.1) is 0 Å². The zero-order valence-electron chi connectivity index (χ0n) is 16.9. The van der Waals surface area contributed by atoms with E-state index < -0.39 is 19.2 Å². The molecule has 0 N–H and O–H groups in total. The molecule has 0 fully saturated rings. The summed E-state index contributed by atoms with van der Waals surface area (Å²) in [4.78, 5) is 23.6. The van der Waals surface area contributed by atoms with Gasteiger partial charge in [0.25, 0.3) is 0 Å². The van der Waals surface area contributed by atoms with Crippen LogP contribution in [-0.2, 0) is 29.6 Å². The molecule has 1 atom stereocenters. The highest BCUT2D eigenvalue weighted by Crippen LogP contribution is 2.63. The van der Waals surface area contributed by atoms with E-state index >= 15 is 0 Å². The number of para-hydroxylation sites is 1. The Morgan fingerprint density at radius 1 is 1.10 bits per heavy atom. The minimum atomic E-state index is -3.83. The molecule has 2 aromatic rings. The third-order valence-electron chi connectivity index (χ3n) is 4.56. The van der Waals surface area contributed by atoms with E-state index in [-0.39, 0.29) is 19.8 Å². The van der Waals surface area contributed by atoms with E-state index in [0.717, 1.165) is 17.7 Å². The third-order valence-corrected chi connectivity index (χ3v) is 6.92. The first-order chi connectivity index (χ1) is 14.1. The lowest BCUT2D eigenvalue weighted by Gasteiger charge is -2.28. The van der Waals surface area contributed by atoms with Crippen LogP contribution in [0.2, 0.25) is 0 Å². The summed E-state index contributed by atoms with van der Waals surface area (Å²) in [6.45, 7) is 6.25. The van der Waals surface area contributed by atoms with Crippen molar-refractivity contribution in [1.29, 1.82) is 0 Å². The average molecular weight is 419 g/mol. The van der Waals surface area contributed by atoms with E-state index in [0.29, 0.717) is 18.1 Å². The molecule has 1 aromatic heterocycles. The van der Waals surface area contributed by atoms with Crippen molar-refractivity contribution in [2.45, 2.75) is 32.9 Å². The monoisotopic (exact) mass is 419 g/mol. The summed E-state index contributed by atoms with van der Waals surface area (Å²) in [6, 6.07) is 7.34. The molecule has 1 aliphatic heterocycles. The zero-order valence-corrected chi connectivity index (χ0v) is 17.8. The molecule has 0 spiro atoms. The molecule has 9 heteroatoms. The van der Waals surface area contributed by atoms with E-state index in [9.17, 15) is 9.36 Å². The van der Waals surface area contributed by atoms with Gasteiger partial charge in [0.2, 0.25) is 5.95 Å². The number of carbonyl (C=O) groups excluding carboxylic acids is 1. The predicted molar refractivity (Wildman–Crippen MR) is 109 cm³/mol. The second kappa shape index (κ2) is 9.48. The van der Waals surface area contributed by atoms with Crippen LogP contribution in [0.3, 0.4) is 0 Å². The SMILES string of the molecule is CCOC(=O)C(c1cccc2c1N(c1ncccn1)CC2)P(=O)(OCC)OCC. The zero-order chi connectivity index (χ0) is 20.9. The largest absolute Gasteiger partial charge is 0.465 e. The maximum Gasteiger partial charge on any atom is 0.349 e. The van der Waals surface area contributed by atoms with Gasteiger partial charge in [-0.3, -0.25) is 9.36 Å². The summed E-state index contributed by atoms with van der Waals surface area (Å²) in [6.07, 6.45) is 4.08. The number of nitrogens with zero attached hydrogens (tertiary/aromatic N) is 3. The van der Waals surface area contributed by atoms with Crippen LogP contribution in [-0.4, -0.2) is 42.3 Å². The van der Waals surface area contributed by atoms with E-state index in [2.05, 4.69) is 9.97 Å². The summed E-state index contributed by atoms with van der Waals surface area (Å²) >= 11 is 0. The summed E-state index contributed by atoms with van der Waals surface area (Å²) < 4.78 is 30.0. The summed E-state index contributed by atoms with van der Waals surface area (Å²) in [5, 5.41) is 0. The lowest BCUT2D eigenvalue weighted by atomic mass is 10.0. The van der Waals surface area contributed by atoms with E-state index in [4.69, 9.17) is 13.8 Å². The lowest BCUT2D eigenvalue weighted by Crippen LogP contribution is -2.23. The Kier molecular flexibility index (Phi) is 7.00. The van der Waals surface area contributed by atoms with Gasteiger partial charge in [-0.1, -0.05) is 18.2 Å². The van der Waals surface area contributed by atoms with Gasteiger partial charge in [-0.2, -0.15) is 0 Å². The standard InChI is InChI=1S/C20H26N3O5P/c1-4-26-19(24)18(29(25,27-5-2)28-6-3)16-10-7-9-15-11-14-23(17(15)16)20-21-12-8-13-22-20/h7-10,12-13,18H,4-6,11,14H2,1-3H3. The van der Waals surface area contributed by atoms with Crippen LogP contribution in [0.5, 0.6) is 0 Å². The van der Waals surface area contributed by atoms with Crippen molar-refractivity contribution in [3.63, 3.8) is 0 Å². The molecular formula is C20H26N3O5P. The quantitative estimate of drug-likeness (QED) is 0.444. The Morgan fingerprint density at radius 3 is 2.41 bits per heavy atom. The Hall–Kier alpha value is -2.28. The molecule has 156 valence electrons. The van der Waals surface area contributed by atoms with Crippen LogP contribution in [0.4, 0.5) is 11.6 Å². The number of esters is 1. The number of hydrogen-bond acceptors (Lipinski definition) is 8. The first-order valence-electron chi connectivity index (χ1n) is 9.77. The molecule has 2 heterocycles. The molecule has 0 aliphatic carbocycles. The van der Waals surface area contributed by atoms with Gasteiger partial charge < -0.3 is 18.7 Å². The number of benzene rings is 1. The minimum absolute atomic E-state index is 0.147. The van der Waals surface area contributed by atoms with Crippen molar-refractivity contribution in [3.8, 4) is 0 Å². The molecule has 1 unspecified atom stereocenters. The van der Waals surface area contributed by atoms with Crippen LogP contribution in [0.25, 0.3) is 0 Å². The first-order valence-corrected chi connectivity index (χ1v) is 11.4. The van der Waals surface area contributed by atoms with Crippen LogP contribution >= 0.6 is 7.60 Å². The summed E-state index contributed by atoms with van der Waals surface area (Å²) in [5.74, 6) is -0.115. The Labute approximate surface area is 170 Å². The van der Waals surface area contributed by atoms with Gasteiger partial charge >= 0.3 is 13.6 Å². The Morgan fingerprint density at radius 2 is 1.79 bits per heavy atom. The Balaban J connectivity index is 2.16. The molecule has 8 nitrogen and oxygen atoms in total. The number of hydrogen-bond donors (Lipinski definition) is 0. The molecular weight excluding hydrogens is 393 g/mol. The van der Waals surface area contributed by atoms with Crippen LogP contribution in [0.15, 0.2) is 36.7 Å². The highest BCUT2D eigenvalue weighted by molar-refractivity contribution is 7.55. The summed E-state index contributed by atoms with van der Waals surface area (Å²) in [7, 11) is -3.83. The fourth-order valence-corrected chi connectivity index (χ4v) is 5.51. The van der Waals surface area contributed by atoms with Gasteiger partial charge in [-0.15, -0.1) is 0 Å². The number of anilines is 2. The highest BCUT2D eigenvalue weighted by atomic mass is 31.2. The van der Waals surface area contributed by atoms with Gasteiger partial charge in [0.1, 0.15) is 0 Å². The number of carbonyl (C=O) groups is 1. The molecule has 0 saturated carbocycles. The van der Waals surface area contributed by atoms with Gasteiger partial charge in [0.15, 0.2) is 5.66 Å². The fraction of sp³-hybridized carbons (Fsp3) is 0.450. The molecule has 0 amide bonds. The van der Waals surface area contributed by atoms with Crippen molar-refractivity contribution < 1.29 is 23.1 Å². The van der Waals surface area contributed by atoms with Crippen molar-refractivity contribution in [3.05, 3.63) is 47.8 Å². The molecule has 3 rings (SSSR count). The molecule has 29 heavy (non-hydrogen) atoms. The fourth-order valence-electron chi connectivity index (χ4n) is 3.53. The number of rotatable bonds is 9. The van der Waals surface area contributed by atoms with E-state index in [1.54, 1.807) is 45.3 Å². The number of ether oxygens (including phenoxy) is 1. The number of fused-ring (bicyclic) bond motifs is 1. The minimum Gasteiger partial charge on any atom is -0.465 e. The second-order valence-electron chi connectivity index (χ2n) is 6.34. The smallest absolute Gasteiger partial charge is 0.349 e. The van der Waals surface area contributed by atoms with Crippen LogP contribution < -0.4 is 4.90 Å². The lowest BCUT2D eigenvalue weighted by molar-refractivity contribution is -0.143. The van der Waals surface area contributed by atoms with Gasteiger partial charge in [0, 0.05) is 24.5 Å². The topological polar surface area (TPSA) is 90.9 Å². The second-order valence-corrected chi connectivity index (χ2v) is 8.45. The normalized spacial score (nSPS) is 14.5. The predicted octanol–water partition coefficient (Wildman–Crippen LogP) is 4.04. The molecule has 1 aliphatic rings. The van der Waals surface area contributed by atoms with Gasteiger partial charge in [0.05, 0.1) is 25.5 Å². The average Bonchev–Trinajstić information content (AvgIpc) is 3.14. The van der Waals surface area contributed by atoms with Gasteiger partial charge in [-0.25, -0.2) is 9.97 Å². The summed E-state index contributed by atoms with van der Waals surface area (Å²) in [5.41, 5.74) is 1.12. The molecule has 0 bridgehead atoms. The van der Waals surface area contributed by atoms with E-state index in [1.165, 1.54) is 0 Å². The van der Waals surface area contributed by atoms with Crippen molar-refractivity contribution in [1.82, 2.24) is 9.97 Å². The van der Waals surface area contributed by atoms with Crippen LogP contribution in [0.1, 0.15) is 37.6 Å². The van der Waals surface area contributed by atoms with E-state index in [1.807, 2.05) is 17.0 Å². The molecule has 0 saturated heterocycles. The molecule has 1 aromatic carbocycles. The molecule has 0 radical (unpaired) electrons. The highest BCUT2D eigenvalue weighted by Gasteiger charge is 2.46. The van der Waals surface area contributed by atoms with Crippen molar-refractivity contribution >= 4 is 25.2 Å². The maximum atomic E-state index is 13.7. The third kappa shape index (κ3) is 4.34. The maximum absolute atomic E-state index is 13.7. The van der Waals surface area contributed by atoms with Gasteiger partial charge in [-0.05, 0) is 38.8 Å². The van der Waals surface area contributed by atoms with Crippen molar-refractivity contribution in [2.75, 3.05) is 31.3 Å². The van der Waals surface area contributed by atoms with Crippen molar-refractivity contribution in [2.24, 2.45) is 0 Å².